The molecule has 2 rings (SSSR count). The van der Waals surface area contributed by atoms with Crippen LogP contribution in [0.5, 0.6) is 0 Å². The van der Waals surface area contributed by atoms with Crippen LogP contribution in [0.1, 0.15) is 25.1 Å². The number of alkyl halides is 3. The molecule has 1 atom stereocenters. The molecule has 1 aliphatic heterocycles. The molecule has 5 nitrogen and oxygen atoms in total. The summed E-state index contributed by atoms with van der Waals surface area (Å²) in [6.45, 7) is 1.47. The number of hydrogen-bond acceptors (Lipinski definition) is 3. The van der Waals surface area contributed by atoms with E-state index in [1.807, 2.05) is 0 Å². The number of sulfonamides is 1. The Labute approximate surface area is 115 Å². The van der Waals surface area contributed by atoms with E-state index in [0.29, 0.717) is 23.0 Å². The van der Waals surface area contributed by atoms with Gasteiger partial charge in [0.15, 0.2) is 5.03 Å². The molecule has 114 valence electrons. The molecular weight excluding hydrogens is 295 g/mol. The van der Waals surface area contributed by atoms with Gasteiger partial charge in [-0.3, -0.25) is 0 Å². The fourth-order valence-electron chi connectivity index (χ4n) is 2.29. The van der Waals surface area contributed by atoms with E-state index in [4.69, 9.17) is 0 Å². The highest BCUT2D eigenvalue weighted by molar-refractivity contribution is 7.89. The molecule has 20 heavy (non-hydrogen) atoms. The quantitative estimate of drug-likeness (QED) is 0.837. The largest absolute Gasteiger partial charge is 0.405 e. The lowest BCUT2D eigenvalue weighted by molar-refractivity contribution is -0.177. The van der Waals surface area contributed by atoms with Crippen molar-refractivity contribution in [3.63, 3.8) is 0 Å². The van der Waals surface area contributed by atoms with Crippen molar-refractivity contribution in [3.05, 3.63) is 12.0 Å². The van der Waals surface area contributed by atoms with Crippen LogP contribution in [0.2, 0.25) is 0 Å². The Balaban J connectivity index is 2.41. The van der Waals surface area contributed by atoms with Gasteiger partial charge in [0.2, 0.25) is 0 Å². The van der Waals surface area contributed by atoms with Gasteiger partial charge < -0.3 is 4.57 Å². The minimum atomic E-state index is -4.56. The lowest BCUT2D eigenvalue weighted by atomic mass is 10.1. The Hall–Kier alpha value is -1.09. The summed E-state index contributed by atoms with van der Waals surface area (Å²) in [5, 5.41) is -0.325. The van der Waals surface area contributed by atoms with E-state index >= 15 is 0 Å². The fourth-order valence-corrected chi connectivity index (χ4v) is 4.00. The van der Waals surface area contributed by atoms with Gasteiger partial charge in [0.05, 0.1) is 0 Å². The molecular formula is C11H16F3N3O2S. The number of hydrogen-bond donors (Lipinski definition) is 0. The van der Waals surface area contributed by atoms with Crippen LogP contribution in [-0.2, 0) is 17.1 Å². The molecule has 0 N–H and O–H groups in total. The summed E-state index contributed by atoms with van der Waals surface area (Å²) < 4.78 is 65.7. The highest BCUT2D eigenvalue weighted by Crippen LogP contribution is 2.35. The molecule has 0 saturated carbocycles. The van der Waals surface area contributed by atoms with Crippen molar-refractivity contribution in [3.8, 4) is 0 Å². The second-order valence-corrected chi connectivity index (χ2v) is 6.74. The molecule has 1 aliphatic rings. The number of rotatable bonds is 2. The van der Waals surface area contributed by atoms with Gasteiger partial charge >= 0.3 is 6.18 Å². The molecule has 0 aliphatic carbocycles. The number of aryl methyl sites for hydroxylation is 2. The number of nitrogens with zero attached hydrogens (tertiary/aromatic N) is 3. The maximum Gasteiger partial charge on any atom is 0.405 e. The predicted molar refractivity (Wildman–Crippen MR) is 65.5 cm³/mol. The first-order valence-corrected chi connectivity index (χ1v) is 7.66. The summed E-state index contributed by atoms with van der Waals surface area (Å²) in [5.74, 6) is 0.434. The zero-order chi connectivity index (χ0) is 15.1. The van der Waals surface area contributed by atoms with Gasteiger partial charge in [0.25, 0.3) is 10.0 Å². The number of imidazole rings is 1. The van der Waals surface area contributed by atoms with E-state index in [2.05, 4.69) is 4.98 Å². The van der Waals surface area contributed by atoms with Gasteiger partial charge in [-0.1, -0.05) is 6.42 Å². The summed E-state index contributed by atoms with van der Waals surface area (Å²) in [7, 11) is -2.62. The lowest BCUT2D eigenvalue weighted by Gasteiger charge is -2.35. The highest BCUT2D eigenvalue weighted by Gasteiger charge is 2.49. The normalized spacial score (nSPS) is 22.1. The van der Waals surface area contributed by atoms with Crippen LogP contribution in [0.25, 0.3) is 0 Å². The first-order valence-electron chi connectivity index (χ1n) is 6.22. The molecule has 0 bridgehead atoms. The molecule has 1 saturated heterocycles. The van der Waals surface area contributed by atoms with Gasteiger partial charge in [-0.2, -0.15) is 17.5 Å². The molecule has 0 spiro atoms. The van der Waals surface area contributed by atoms with E-state index < -0.39 is 22.2 Å². The van der Waals surface area contributed by atoms with Gasteiger partial charge in [-0.05, 0) is 19.8 Å². The van der Waals surface area contributed by atoms with Crippen molar-refractivity contribution < 1.29 is 21.6 Å². The van der Waals surface area contributed by atoms with Gasteiger partial charge in [0, 0.05) is 19.8 Å². The summed E-state index contributed by atoms with van der Waals surface area (Å²) in [5.41, 5.74) is 0. The second-order valence-electron chi connectivity index (χ2n) is 4.91. The topological polar surface area (TPSA) is 55.2 Å². The average molecular weight is 311 g/mol. The monoisotopic (exact) mass is 311 g/mol. The van der Waals surface area contributed by atoms with Gasteiger partial charge in [-0.25, -0.2) is 13.4 Å². The summed E-state index contributed by atoms with van der Waals surface area (Å²) in [6.07, 6.45) is -2.71. The molecule has 0 amide bonds. The predicted octanol–water partition coefficient (Wildman–Crippen LogP) is 1.83. The minimum Gasteiger partial charge on any atom is -0.337 e. The lowest BCUT2D eigenvalue weighted by Crippen LogP contribution is -2.51. The smallest absolute Gasteiger partial charge is 0.337 e. The van der Waals surface area contributed by atoms with Crippen molar-refractivity contribution in [2.24, 2.45) is 7.05 Å². The Bertz CT molecular complexity index is 575. The zero-order valence-corrected chi connectivity index (χ0v) is 12.0. The van der Waals surface area contributed by atoms with Crippen LogP contribution in [0.4, 0.5) is 13.2 Å². The Morgan fingerprint density at radius 3 is 2.50 bits per heavy atom. The van der Waals surface area contributed by atoms with Crippen molar-refractivity contribution in [2.45, 2.75) is 43.4 Å². The first-order chi connectivity index (χ1) is 9.14. The summed E-state index contributed by atoms with van der Waals surface area (Å²) in [6, 6.07) is -1.96. The second kappa shape index (κ2) is 5.03. The van der Waals surface area contributed by atoms with Gasteiger partial charge in [-0.15, -0.1) is 0 Å². The Kier molecular flexibility index (Phi) is 3.85. The molecule has 1 fully saturated rings. The average Bonchev–Trinajstić information content (AvgIpc) is 2.69. The SMILES string of the molecule is Cc1nc(S(=O)(=O)N2CCCCC2C(F)(F)F)cn1C. The van der Waals surface area contributed by atoms with Gasteiger partial charge in [0.1, 0.15) is 11.9 Å². The standard InChI is InChI=1S/C11H16F3N3O2S/c1-8-15-10(7-16(8)2)20(18,19)17-6-4-3-5-9(17)11(12,13)14/h7,9H,3-6H2,1-2H3. The molecule has 9 heteroatoms. The molecule has 1 aromatic rings. The Morgan fingerprint density at radius 1 is 1.35 bits per heavy atom. The third kappa shape index (κ3) is 2.69. The number of aromatic nitrogens is 2. The fraction of sp³-hybridized carbons (Fsp3) is 0.727. The van der Waals surface area contributed by atoms with Crippen LogP contribution in [0, 0.1) is 6.92 Å². The van der Waals surface area contributed by atoms with Crippen LogP contribution in [0.3, 0.4) is 0 Å². The Morgan fingerprint density at radius 2 is 2.00 bits per heavy atom. The third-order valence-corrected chi connectivity index (χ3v) is 5.27. The highest BCUT2D eigenvalue weighted by atomic mass is 32.2. The summed E-state index contributed by atoms with van der Waals surface area (Å²) in [4.78, 5) is 3.84. The van der Waals surface area contributed by atoms with Crippen molar-refractivity contribution >= 4 is 10.0 Å². The van der Waals surface area contributed by atoms with E-state index in [1.165, 1.54) is 10.8 Å². The minimum absolute atomic E-state index is 0.123. The van der Waals surface area contributed by atoms with Crippen molar-refractivity contribution in [2.75, 3.05) is 6.54 Å². The van der Waals surface area contributed by atoms with E-state index in [1.54, 1.807) is 14.0 Å². The number of halogens is 3. The van der Waals surface area contributed by atoms with E-state index in [0.717, 1.165) is 0 Å². The zero-order valence-electron chi connectivity index (χ0n) is 11.2. The van der Waals surface area contributed by atoms with Crippen molar-refractivity contribution in [1.82, 2.24) is 13.9 Å². The van der Waals surface area contributed by atoms with Crippen molar-refractivity contribution in [1.29, 1.82) is 0 Å². The first kappa shape index (κ1) is 15.3. The third-order valence-electron chi connectivity index (χ3n) is 3.49. The molecule has 0 aromatic carbocycles. The van der Waals surface area contributed by atoms with E-state index in [9.17, 15) is 21.6 Å². The molecule has 1 aromatic heterocycles. The van der Waals surface area contributed by atoms with Crippen LogP contribution >= 0.6 is 0 Å². The maximum absolute atomic E-state index is 13.0. The van der Waals surface area contributed by atoms with Crippen LogP contribution in [0.15, 0.2) is 11.2 Å². The molecule has 2 heterocycles. The van der Waals surface area contributed by atoms with E-state index in [-0.39, 0.29) is 18.0 Å². The number of piperidine rings is 1. The van der Waals surface area contributed by atoms with Crippen LogP contribution in [-0.4, -0.2) is 41.0 Å². The maximum atomic E-state index is 13.0. The summed E-state index contributed by atoms with van der Waals surface area (Å²) >= 11 is 0. The van der Waals surface area contributed by atoms with Crippen LogP contribution < -0.4 is 0 Å². The molecule has 1 unspecified atom stereocenters. The molecule has 0 radical (unpaired) electrons.